The number of rotatable bonds is 4. The van der Waals surface area contributed by atoms with Gasteiger partial charge in [-0.1, -0.05) is 49.2 Å². The SMILES string of the molecule is CCN1/C(=C\C=C\C2=[N+](CC)c3ccc(C)cc3C2(C)C)C(C)(C)c2cc(C)ccc21. The van der Waals surface area contributed by atoms with Gasteiger partial charge in [0, 0.05) is 41.1 Å². The van der Waals surface area contributed by atoms with Gasteiger partial charge in [-0.25, -0.2) is 0 Å². The van der Waals surface area contributed by atoms with Gasteiger partial charge in [-0.2, -0.15) is 4.58 Å². The van der Waals surface area contributed by atoms with E-state index < -0.39 is 0 Å². The molecule has 4 rings (SSSR count). The Labute approximate surface area is 188 Å². The van der Waals surface area contributed by atoms with Gasteiger partial charge in [0.1, 0.15) is 6.54 Å². The molecular formula is C29H37N2+. The van der Waals surface area contributed by atoms with E-state index in [0.29, 0.717) is 0 Å². The van der Waals surface area contributed by atoms with E-state index in [4.69, 9.17) is 0 Å². The Balaban J connectivity index is 1.75. The van der Waals surface area contributed by atoms with Gasteiger partial charge in [-0.3, -0.25) is 0 Å². The van der Waals surface area contributed by atoms with Crippen molar-refractivity contribution in [1.29, 1.82) is 0 Å². The minimum absolute atomic E-state index is 0.00207. The Kier molecular flexibility index (Phi) is 5.24. The van der Waals surface area contributed by atoms with Gasteiger partial charge in [0.15, 0.2) is 5.71 Å². The molecular weight excluding hydrogens is 376 g/mol. The zero-order valence-corrected chi connectivity index (χ0v) is 20.5. The highest BCUT2D eigenvalue weighted by Crippen LogP contribution is 2.48. The van der Waals surface area contributed by atoms with Crippen molar-refractivity contribution in [3.8, 4) is 0 Å². The minimum atomic E-state index is 0.00207. The molecule has 2 heteroatoms. The molecule has 0 radical (unpaired) electrons. The molecule has 2 aromatic carbocycles. The lowest BCUT2D eigenvalue weighted by Gasteiger charge is -2.25. The van der Waals surface area contributed by atoms with E-state index in [9.17, 15) is 0 Å². The smallest absolute Gasteiger partial charge is 0.209 e. The normalized spacial score (nSPS) is 20.1. The van der Waals surface area contributed by atoms with Crippen LogP contribution in [0.5, 0.6) is 0 Å². The summed E-state index contributed by atoms with van der Waals surface area (Å²) < 4.78 is 2.47. The van der Waals surface area contributed by atoms with Crippen LogP contribution in [-0.2, 0) is 10.8 Å². The van der Waals surface area contributed by atoms with Gasteiger partial charge in [0.25, 0.3) is 0 Å². The maximum Gasteiger partial charge on any atom is 0.209 e. The fourth-order valence-electron chi connectivity index (χ4n) is 5.49. The van der Waals surface area contributed by atoms with Crippen LogP contribution in [0.25, 0.3) is 0 Å². The molecule has 0 saturated heterocycles. The predicted molar refractivity (Wildman–Crippen MR) is 134 cm³/mol. The molecule has 0 N–H and O–H groups in total. The van der Waals surface area contributed by atoms with E-state index in [2.05, 4.69) is 119 Å². The van der Waals surface area contributed by atoms with Crippen molar-refractivity contribution in [3.63, 3.8) is 0 Å². The number of anilines is 1. The maximum atomic E-state index is 2.47. The first kappa shape index (κ1) is 21.6. The van der Waals surface area contributed by atoms with E-state index in [-0.39, 0.29) is 10.8 Å². The molecule has 0 aliphatic carbocycles. The van der Waals surface area contributed by atoms with Crippen LogP contribution in [0.3, 0.4) is 0 Å². The molecule has 2 heterocycles. The summed E-state index contributed by atoms with van der Waals surface area (Å²) >= 11 is 0. The highest BCUT2D eigenvalue weighted by atomic mass is 15.2. The van der Waals surface area contributed by atoms with Crippen LogP contribution in [0.15, 0.2) is 60.3 Å². The summed E-state index contributed by atoms with van der Waals surface area (Å²) in [4.78, 5) is 2.47. The van der Waals surface area contributed by atoms with Crippen molar-refractivity contribution in [3.05, 3.63) is 82.6 Å². The van der Waals surface area contributed by atoms with Gasteiger partial charge in [0.05, 0.1) is 5.41 Å². The van der Waals surface area contributed by atoms with E-state index in [1.165, 1.54) is 45.0 Å². The Morgan fingerprint density at radius 3 is 2.16 bits per heavy atom. The van der Waals surface area contributed by atoms with Crippen LogP contribution in [0, 0.1) is 13.8 Å². The van der Waals surface area contributed by atoms with Crippen LogP contribution >= 0.6 is 0 Å². The summed E-state index contributed by atoms with van der Waals surface area (Å²) in [6.07, 6.45) is 6.95. The second-order valence-electron chi connectivity index (χ2n) is 10.1. The zero-order valence-electron chi connectivity index (χ0n) is 20.5. The maximum absolute atomic E-state index is 2.47. The summed E-state index contributed by atoms with van der Waals surface area (Å²) in [7, 11) is 0. The second-order valence-corrected chi connectivity index (χ2v) is 10.1. The number of aryl methyl sites for hydroxylation is 2. The third-order valence-electron chi connectivity index (χ3n) is 7.24. The molecule has 0 aromatic heterocycles. The first-order chi connectivity index (χ1) is 14.6. The van der Waals surface area contributed by atoms with E-state index in [1.54, 1.807) is 0 Å². The lowest BCUT2D eigenvalue weighted by Crippen LogP contribution is -2.28. The lowest BCUT2D eigenvalue weighted by molar-refractivity contribution is -0.433. The molecule has 0 amide bonds. The summed E-state index contributed by atoms with van der Waals surface area (Å²) in [5, 5.41) is 0. The van der Waals surface area contributed by atoms with Crippen molar-refractivity contribution < 1.29 is 4.58 Å². The molecule has 2 nitrogen and oxygen atoms in total. The number of benzene rings is 2. The summed E-state index contributed by atoms with van der Waals surface area (Å²) in [6.45, 7) is 20.2. The number of hydrogen-bond acceptors (Lipinski definition) is 1. The number of fused-ring (bicyclic) bond motifs is 2. The first-order valence-corrected chi connectivity index (χ1v) is 11.7. The van der Waals surface area contributed by atoms with Crippen molar-refractivity contribution >= 4 is 17.1 Å². The molecule has 2 aliphatic rings. The van der Waals surface area contributed by atoms with E-state index in [0.717, 1.165) is 13.1 Å². The van der Waals surface area contributed by atoms with Crippen LogP contribution in [0.2, 0.25) is 0 Å². The van der Waals surface area contributed by atoms with Crippen LogP contribution < -0.4 is 4.90 Å². The topological polar surface area (TPSA) is 6.25 Å². The van der Waals surface area contributed by atoms with Gasteiger partial charge < -0.3 is 4.90 Å². The molecule has 2 aromatic rings. The molecule has 162 valence electrons. The quantitative estimate of drug-likeness (QED) is 0.491. The van der Waals surface area contributed by atoms with Crippen molar-refractivity contribution in [1.82, 2.24) is 0 Å². The molecule has 31 heavy (non-hydrogen) atoms. The van der Waals surface area contributed by atoms with Crippen molar-refractivity contribution in [2.75, 3.05) is 18.0 Å². The lowest BCUT2D eigenvalue weighted by atomic mass is 9.80. The molecule has 0 saturated carbocycles. The Morgan fingerprint density at radius 1 is 0.871 bits per heavy atom. The van der Waals surface area contributed by atoms with Crippen molar-refractivity contribution in [2.24, 2.45) is 0 Å². The van der Waals surface area contributed by atoms with E-state index in [1.807, 2.05) is 0 Å². The molecule has 0 fully saturated rings. The van der Waals surface area contributed by atoms with Crippen LogP contribution in [-0.4, -0.2) is 23.4 Å². The predicted octanol–water partition coefficient (Wildman–Crippen LogP) is 6.96. The second kappa shape index (κ2) is 7.51. The van der Waals surface area contributed by atoms with Crippen molar-refractivity contribution in [2.45, 2.75) is 66.2 Å². The molecule has 0 unspecified atom stereocenters. The van der Waals surface area contributed by atoms with Gasteiger partial charge >= 0.3 is 0 Å². The van der Waals surface area contributed by atoms with Crippen LogP contribution in [0.4, 0.5) is 11.4 Å². The third kappa shape index (κ3) is 3.28. The minimum Gasteiger partial charge on any atom is -0.344 e. The highest BCUT2D eigenvalue weighted by Gasteiger charge is 2.44. The average molecular weight is 414 g/mol. The van der Waals surface area contributed by atoms with Crippen LogP contribution in [0.1, 0.15) is 63.8 Å². The van der Waals surface area contributed by atoms with Gasteiger partial charge in [-0.15, -0.1) is 0 Å². The Hall–Kier alpha value is -2.61. The van der Waals surface area contributed by atoms with Gasteiger partial charge in [-0.05, 0) is 65.3 Å². The fraction of sp³-hybridized carbons (Fsp3) is 0.414. The largest absolute Gasteiger partial charge is 0.344 e. The highest BCUT2D eigenvalue weighted by molar-refractivity contribution is 6.03. The number of hydrogen-bond donors (Lipinski definition) is 0. The summed E-state index contributed by atoms with van der Waals surface area (Å²) in [5.41, 5.74) is 11.0. The summed E-state index contributed by atoms with van der Waals surface area (Å²) in [5.74, 6) is 0. The number of likely N-dealkylation sites (N-methyl/N-ethyl adjacent to an activating group) is 1. The average Bonchev–Trinajstić information content (AvgIpc) is 3.06. The number of nitrogens with zero attached hydrogens (tertiary/aromatic N) is 2. The molecule has 0 atom stereocenters. The monoisotopic (exact) mass is 413 g/mol. The number of allylic oxidation sites excluding steroid dienone is 4. The van der Waals surface area contributed by atoms with E-state index >= 15 is 0 Å². The third-order valence-corrected chi connectivity index (χ3v) is 7.24. The Bertz CT molecular complexity index is 1130. The standard InChI is InChI=1S/C29H37N2/c1-9-30-24-16-14-20(3)18-22(24)28(5,6)26(30)12-11-13-27-29(7,8)23-19-21(4)15-17-25(23)31(27)10-2/h11-19H,9-10H2,1-8H3/q+1. The molecule has 0 spiro atoms. The zero-order chi connectivity index (χ0) is 22.6. The van der Waals surface area contributed by atoms with Gasteiger partial charge in [0.2, 0.25) is 5.69 Å². The summed E-state index contributed by atoms with van der Waals surface area (Å²) in [6, 6.07) is 13.7. The Morgan fingerprint density at radius 2 is 1.52 bits per heavy atom. The fourth-order valence-corrected chi connectivity index (χ4v) is 5.49. The molecule has 0 bridgehead atoms. The first-order valence-electron chi connectivity index (χ1n) is 11.7. The molecule has 2 aliphatic heterocycles.